The monoisotopic (exact) mass is 503 g/mol. The number of halogens is 3. The molecule has 2 aliphatic rings. The highest BCUT2D eigenvalue weighted by Crippen LogP contribution is 2.51. The minimum Gasteiger partial charge on any atom is -0.355 e. The summed E-state index contributed by atoms with van der Waals surface area (Å²) in [5, 5.41) is 12.8. The quantitative estimate of drug-likeness (QED) is 0.363. The van der Waals surface area contributed by atoms with E-state index in [2.05, 4.69) is 37.6 Å². The van der Waals surface area contributed by atoms with Gasteiger partial charge in [0.25, 0.3) is 0 Å². The average molecular weight is 504 g/mol. The number of amides is 1. The molecular formula is C23H24F3N7OS. The van der Waals surface area contributed by atoms with E-state index in [4.69, 9.17) is 4.98 Å². The molecule has 1 aliphatic heterocycles. The second kappa shape index (κ2) is 9.06. The lowest BCUT2D eigenvalue weighted by Gasteiger charge is -2.49. The summed E-state index contributed by atoms with van der Waals surface area (Å²) < 4.78 is 37.1. The van der Waals surface area contributed by atoms with E-state index in [0.29, 0.717) is 27.9 Å². The fraction of sp³-hybridized carbons (Fsp3) is 0.391. The van der Waals surface area contributed by atoms with Crippen molar-refractivity contribution in [1.82, 2.24) is 20.2 Å². The Hall–Kier alpha value is -3.28. The highest BCUT2D eigenvalue weighted by atomic mass is 32.2. The maximum Gasteiger partial charge on any atom is 0.397 e. The van der Waals surface area contributed by atoms with E-state index in [1.54, 1.807) is 36.5 Å². The summed E-state index contributed by atoms with van der Waals surface area (Å²) in [5.74, 6) is 1.86. The van der Waals surface area contributed by atoms with Crippen molar-refractivity contribution in [1.29, 1.82) is 0 Å². The van der Waals surface area contributed by atoms with Gasteiger partial charge >= 0.3 is 6.18 Å². The van der Waals surface area contributed by atoms with E-state index >= 15 is 0 Å². The normalized spacial score (nSPS) is 17.1. The van der Waals surface area contributed by atoms with Crippen LogP contribution in [0.25, 0.3) is 0 Å². The molecule has 8 nitrogen and oxygen atoms in total. The van der Waals surface area contributed by atoms with Crippen molar-refractivity contribution >= 4 is 40.8 Å². The second-order valence-corrected chi connectivity index (χ2v) is 10.3. The van der Waals surface area contributed by atoms with Crippen LogP contribution in [0.1, 0.15) is 26.2 Å². The number of alkyl halides is 3. The lowest BCUT2D eigenvalue weighted by atomic mass is 9.77. The first-order valence-corrected chi connectivity index (χ1v) is 12.0. The Balaban J connectivity index is 1.30. The van der Waals surface area contributed by atoms with Crippen LogP contribution in [0.4, 0.5) is 36.3 Å². The van der Waals surface area contributed by atoms with E-state index in [9.17, 15) is 18.0 Å². The molecule has 3 N–H and O–H groups in total. The van der Waals surface area contributed by atoms with Crippen LogP contribution >= 0.6 is 11.8 Å². The number of hydrogen-bond donors (Lipinski definition) is 3. The summed E-state index contributed by atoms with van der Waals surface area (Å²) in [6, 6.07) is 10.2. The van der Waals surface area contributed by atoms with Crippen LogP contribution in [0.3, 0.4) is 0 Å². The fourth-order valence-electron chi connectivity index (χ4n) is 4.27. The SMILES string of the molecule is CC1(C2CC2)CN(c2cc(Nc3ccn[nH]3)nc(Sc3ccc(NC(=O)CC(F)(F)F)cc3)n2)C1. The van der Waals surface area contributed by atoms with Crippen LogP contribution in [-0.4, -0.2) is 45.3 Å². The number of anilines is 4. The third-order valence-corrected chi connectivity index (χ3v) is 7.03. The van der Waals surface area contributed by atoms with Gasteiger partial charge in [-0.1, -0.05) is 6.92 Å². The topological polar surface area (TPSA) is 98.8 Å². The molecule has 1 amide bonds. The largest absolute Gasteiger partial charge is 0.397 e. The zero-order valence-corrected chi connectivity index (χ0v) is 19.7. The van der Waals surface area contributed by atoms with Gasteiger partial charge < -0.3 is 15.5 Å². The molecule has 1 saturated carbocycles. The van der Waals surface area contributed by atoms with Gasteiger partial charge in [-0.05, 0) is 54.8 Å². The first-order valence-electron chi connectivity index (χ1n) is 11.2. The van der Waals surface area contributed by atoms with Crippen LogP contribution in [-0.2, 0) is 4.79 Å². The predicted octanol–water partition coefficient (Wildman–Crippen LogP) is 5.22. The van der Waals surface area contributed by atoms with Gasteiger partial charge in [-0.3, -0.25) is 9.89 Å². The number of H-pyrrole nitrogens is 1. The number of carbonyl (C=O) groups is 1. The van der Waals surface area contributed by atoms with Crippen molar-refractivity contribution in [2.75, 3.05) is 28.6 Å². The highest BCUT2D eigenvalue weighted by Gasteiger charge is 2.50. The molecule has 184 valence electrons. The molecule has 0 radical (unpaired) electrons. The third kappa shape index (κ3) is 5.87. The van der Waals surface area contributed by atoms with Crippen molar-refractivity contribution in [2.24, 2.45) is 11.3 Å². The van der Waals surface area contributed by atoms with E-state index in [0.717, 1.165) is 29.7 Å². The van der Waals surface area contributed by atoms with Gasteiger partial charge in [-0.25, -0.2) is 9.97 Å². The molecule has 2 fully saturated rings. The maximum atomic E-state index is 12.4. The van der Waals surface area contributed by atoms with Crippen molar-refractivity contribution in [3.05, 3.63) is 42.6 Å². The number of aromatic amines is 1. The number of carbonyl (C=O) groups excluding carboxylic acids is 1. The molecule has 3 heterocycles. The Kier molecular flexibility index (Phi) is 6.07. The third-order valence-electron chi connectivity index (χ3n) is 6.15. The molecule has 3 aromatic rings. The molecule has 5 rings (SSSR count). The van der Waals surface area contributed by atoms with E-state index in [1.165, 1.54) is 24.6 Å². The summed E-state index contributed by atoms with van der Waals surface area (Å²) in [4.78, 5) is 23.9. The summed E-state index contributed by atoms with van der Waals surface area (Å²) in [7, 11) is 0. The maximum absolute atomic E-state index is 12.4. The number of hydrogen-bond acceptors (Lipinski definition) is 7. The summed E-state index contributed by atoms with van der Waals surface area (Å²) >= 11 is 1.33. The van der Waals surface area contributed by atoms with Gasteiger partial charge in [-0.2, -0.15) is 18.3 Å². The van der Waals surface area contributed by atoms with E-state index in [1.807, 2.05) is 6.07 Å². The number of benzene rings is 1. The second-order valence-electron chi connectivity index (χ2n) is 9.24. The molecule has 1 aliphatic carbocycles. The van der Waals surface area contributed by atoms with Crippen LogP contribution in [0.15, 0.2) is 52.6 Å². The molecule has 1 aromatic carbocycles. The average Bonchev–Trinajstić information content (AvgIpc) is 3.49. The Bertz CT molecular complexity index is 1190. The fourth-order valence-corrected chi connectivity index (χ4v) is 5.04. The summed E-state index contributed by atoms with van der Waals surface area (Å²) in [5.41, 5.74) is 0.626. The highest BCUT2D eigenvalue weighted by molar-refractivity contribution is 7.99. The number of aromatic nitrogens is 4. The smallest absolute Gasteiger partial charge is 0.355 e. The van der Waals surface area contributed by atoms with Crippen LogP contribution in [0.5, 0.6) is 0 Å². The van der Waals surface area contributed by atoms with Gasteiger partial charge in [0.15, 0.2) is 5.16 Å². The first-order chi connectivity index (χ1) is 16.6. The lowest BCUT2D eigenvalue weighted by Crippen LogP contribution is -2.56. The zero-order chi connectivity index (χ0) is 24.6. The van der Waals surface area contributed by atoms with Gasteiger partial charge in [0, 0.05) is 41.2 Å². The summed E-state index contributed by atoms with van der Waals surface area (Å²) in [6.07, 6.45) is -1.82. The predicted molar refractivity (Wildman–Crippen MR) is 127 cm³/mol. The lowest BCUT2D eigenvalue weighted by molar-refractivity contribution is -0.150. The Labute approximate surface area is 204 Å². The van der Waals surface area contributed by atoms with Crippen molar-refractivity contribution in [3.63, 3.8) is 0 Å². The Morgan fingerprint density at radius 1 is 1.20 bits per heavy atom. The Morgan fingerprint density at radius 3 is 2.57 bits per heavy atom. The van der Waals surface area contributed by atoms with Crippen molar-refractivity contribution < 1.29 is 18.0 Å². The molecule has 2 aromatic heterocycles. The van der Waals surface area contributed by atoms with Gasteiger partial charge in [0.2, 0.25) is 5.91 Å². The molecule has 0 spiro atoms. The molecular weight excluding hydrogens is 479 g/mol. The molecule has 1 saturated heterocycles. The minimum absolute atomic E-state index is 0.291. The molecule has 35 heavy (non-hydrogen) atoms. The van der Waals surface area contributed by atoms with Gasteiger partial charge in [-0.15, -0.1) is 0 Å². The van der Waals surface area contributed by atoms with Gasteiger partial charge in [0.1, 0.15) is 23.9 Å². The van der Waals surface area contributed by atoms with Crippen LogP contribution in [0.2, 0.25) is 0 Å². The van der Waals surface area contributed by atoms with Crippen molar-refractivity contribution in [3.8, 4) is 0 Å². The molecule has 12 heteroatoms. The van der Waals surface area contributed by atoms with E-state index < -0.39 is 18.5 Å². The number of nitrogens with zero attached hydrogens (tertiary/aromatic N) is 4. The van der Waals surface area contributed by atoms with Crippen LogP contribution < -0.4 is 15.5 Å². The molecule has 0 unspecified atom stereocenters. The number of rotatable bonds is 8. The minimum atomic E-state index is -4.54. The standard InChI is InChI=1S/C23H24F3N7OS/c1-22(14-2-3-14)12-33(13-22)19-10-18(29-17-8-9-27-32-17)30-21(31-19)35-16-6-4-15(5-7-16)28-20(34)11-23(24,25)26/h4-10,14H,2-3,11-13H2,1H3,(H,28,34)(H2,27,29,30,31,32). The summed E-state index contributed by atoms with van der Waals surface area (Å²) in [6.45, 7) is 4.24. The first kappa shape index (κ1) is 23.5. The molecule has 0 atom stereocenters. The van der Waals surface area contributed by atoms with E-state index in [-0.39, 0.29) is 0 Å². The van der Waals surface area contributed by atoms with Crippen molar-refractivity contribution in [2.45, 2.75) is 42.4 Å². The zero-order valence-electron chi connectivity index (χ0n) is 18.9. The van der Waals surface area contributed by atoms with Gasteiger partial charge in [0.05, 0.1) is 6.20 Å². The number of nitrogens with one attached hydrogen (secondary N) is 3. The molecule has 0 bridgehead atoms. The van der Waals surface area contributed by atoms with Crippen LogP contribution in [0, 0.1) is 11.3 Å². The Morgan fingerprint density at radius 2 is 1.94 bits per heavy atom.